The van der Waals surface area contributed by atoms with Gasteiger partial charge in [-0.3, -0.25) is 20.2 Å². The quantitative estimate of drug-likeness (QED) is 0.302. The van der Waals surface area contributed by atoms with Crippen molar-refractivity contribution in [3.05, 3.63) is 12.2 Å². The van der Waals surface area contributed by atoms with Gasteiger partial charge in [-0.25, -0.2) is 4.79 Å². The van der Waals surface area contributed by atoms with Crippen molar-refractivity contribution < 1.29 is 43.9 Å². The molecular weight excluding hydrogens is 207 g/mol. The fraction of sp³-hybridized carbons (Fsp3) is 0.444. The maximum atomic E-state index is 11.6. The first kappa shape index (κ1) is 14.3. The number of hydrogen-bond donors (Lipinski definition) is 2. The SMILES string of the molecule is C=C(C)C1(CC)C(=O)NC(=O)NC1=O.[Na+]. The second-order valence-corrected chi connectivity index (χ2v) is 3.28. The Morgan fingerprint density at radius 2 is 1.67 bits per heavy atom. The van der Waals surface area contributed by atoms with Crippen molar-refractivity contribution in [2.24, 2.45) is 5.41 Å². The molecule has 1 saturated heterocycles. The molecule has 1 aliphatic heterocycles. The van der Waals surface area contributed by atoms with Gasteiger partial charge in [-0.2, -0.15) is 0 Å². The van der Waals surface area contributed by atoms with Gasteiger partial charge in [0.25, 0.3) is 0 Å². The number of hydrogen-bond acceptors (Lipinski definition) is 3. The number of imide groups is 2. The maximum absolute atomic E-state index is 11.6. The Labute approximate surface area is 110 Å². The van der Waals surface area contributed by atoms with Crippen LogP contribution in [0.5, 0.6) is 0 Å². The van der Waals surface area contributed by atoms with Crippen molar-refractivity contribution in [2.75, 3.05) is 0 Å². The Hall–Kier alpha value is -0.650. The van der Waals surface area contributed by atoms with E-state index >= 15 is 0 Å². The van der Waals surface area contributed by atoms with Crippen LogP contribution in [0.3, 0.4) is 0 Å². The molecule has 0 bridgehead atoms. The van der Waals surface area contributed by atoms with E-state index in [2.05, 4.69) is 17.2 Å². The van der Waals surface area contributed by atoms with Gasteiger partial charge in [0, 0.05) is 0 Å². The third-order valence-electron chi connectivity index (χ3n) is 2.49. The average molecular weight is 219 g/mol. The maximum Gasteiger partial charge on any atom is 1.00 e. The van der Waals surface area contributed by atoms with E-state index in [1.807, 2.05) is 0 Å². The van der Waals surface area contributed by atoms with Crippen molar-refractivity contribution in [1.29, 1.82) is 0 Å². The number of amides is 4. The largest absolute Gasteiger partial charge is 1.00 e. The summed E-state index contributed by atoms with van der Waals surface area (Å²) in [6, 6.07) is -0.773. The van der Waals surface area contributed by atoms with Gasteiger partial charge in [-0.05, 0) is 13.3 Å². The molecule has 0 aromatic heterocycles. The molecule has 76 valence electrons. The van der Waals surface area contributed by atoms with Crippen LogP contribution in [0.2, 0.25) is 0 Å². The van der Waals surface area contributed by atoms with E-state index in [0.29, 0.717) is 5.57 Å². The Balaban J connectivity index is 0.00000196. The third kappa shape index (κ3) is 2.14. The van der Waals surface area contributed by atoms with Gasteiger partial charge >= 0.3 is 35.6 Å². The normalized spacial score (nSPS) is 18.7. The minimum Gasteiger partial charge on any atom is -0.277 e. The standard InChI is InChI=1S/C9H12N2O3.Na/c1-4-9(5(2)3)6(12)10-8(14)11-7(9)13;/h2,4H2,1,3H3,(H2,10,11,12,13,14);/q;+1. The van der Waals surface area contributed by atoms with E-state index in [-0.39, 0.29) is 36.0 Å². The Bertz CT molecular complexity index is 318. The van der Waals surface area contributed by atoms with E-state index in [1.54, 1.807) is 13.8 Å². The van der Waals surface area contributed by atoms with E-state index in [1.165, 1.54) is 0 Å². The van der Waals surface area contributed by atoms with E-state index < -0.39 is 23.3 Å². The molecule has 4 amide bonds. The number of carbonyl (C=O) groups is 3. The summed E-state index contributed by atoms with van der Waals surface area (Å²) in [6.07, 6.45) is 0.285. The molecule has 0 aromatic rings. The zero-order valence-corrected chi connectivity index (χ0v) is 11.1. The van der Waals surface area contributed by atoms with Gasteiger partial charge in [0.15, 0.2) is 0 Å². The molecule has 0 atom stereocenters. The van der Waals surface area contributed by atoms with Gasteiger partial charge in [0.05, 0.1) is 0 Å². The first-order valence-electron chi connectivity index (χ1n) is 4.28. The Kier molecular flexibility index (Phi) is 4.70. The summed E-state index contributed by atoms with van der Waals surface area (Å²) in [5.74, 6) is -1.19. The molecule has 0 saturated carbocycles. The molecule has 1 rings (SSSR count). The summed E-state index contributed by atoms with van der Waals surface area (Å²) in [6.45, 7) is 6.91. The number of carbonyl (C=O) groups excluding carboxylic acids is 3. The van der Waals surface area contributed by atoms with Crippen LogP contribution >= 0.6 is 0 Å². The topological polar surface area (TPSA) is 75.3 Å². The zero-order valence-electron chi connectivity index (χ0n) is 9.14. The van der Waals surface area contributed by atoms with Crippen LogP contribution in [0.4, 0.5) is 4.79 Å². The molecular formula is C9H12N2NaO3+. The van der Waals surface area contributed by atoms with Gasteiger partial charge in [-0.15, -0.1) is 0 Å². The van der Waals surface area contributed by atoms with Crippen molar-refractivity contribution in [1.82, 2.24) is 10.6 Å². The molecule has 1 heterocycles. The molecule has 0 aromatic carbocycles. The number of urea groups is 1. The summed E-state index contributed by atoms with van der Waals surface area (Å²) in [5, 5.41) is 4.12. The summed E-state index contributed by atoms with van der Waals surface area (Å²) in [5.41, 5.74) is -0.865. The number of barbiturate groups is 1. The van der Waals surface area contributed by atoms with Crippen LogP contribution in [0.15, 0.2) is 12.2 Å². The van der Waals surface area contributed by atoms with Crippen molar-refractivity contribution in [2.45, 2.75) is 20.3 Å². The van der Waals surface area contributed by atoms with E-state index in [0.717, 1.165) is 0 Å². The molecule has 5 nitrogen and oxygen atoms in total. The van der Waals surface area contributed by atoms with E-state index in [4.69, 9.17) is 0 Å². The molecule has 15 heavy (non-hydrogen) atoms. The van der Waals surface area contributed by atoms with Crippen LogP contribution in [-0.2, 0) is 9.59 Å². The van der Waals surface area contributed by atoms with Crippen LogP contribution in [0.25, 0.3) is 0 Å². The van der Waals surface area contributed by atoms with Crippen LogP contribution < -0.4 is 40.2 Å². The summed E-state index contributed by atoms with van der Waals surface area (Å²) < 4.78 is 0. The molecule has 0 radical (unpaired) electrons. The van der Waals surface area contributed by atoms with Gasteiger partial charge in [0.2, 0.25) is 11.8 Å². The zero-order chi connectivity index (χ0) is 10.9. The van der Waals surface area contributed by atoms with Crippen LogP contribution in [0.1, 0.15) is 20.3 Å². The van der Waals surface area contributed by atoms with Gasteiger partial charge in [0.1, 0.15) is 5.41 Å². The molecule has 1 aliphatic rings. The second-order valence-electron chi connectivity index (χ2n) is 3.28. The smallest absolute Gasteiger partial charge is 0.277 e. The monoisotopic (exact) mass is 219 g/mol. The Morgan fingerprint density at radius 3 is 1.93 bits per heavy atom. The molecule has 2 N–H and O–H groups in total. The van der Waals surface area contributed by atoms with Gasteiger partial charge < -0.3 is 0 Å². The minimum atomic E-state index is -1.30. The minimum absolute atomic E-state index is 0. The number of rotatable bonds is 2. The summed E-state index contributed by atoms with van der Waals surface area (Å²) >= 11 is 0. The average Bonchev–Trinajstić information content (AvgIpc) is 2.03. The predicted molar refractivity (Wildman–Crippen MR) is 49.2 cm³/mol. The summed E-state index contributed by atoms with van der Waals surface area (Å²) in [4.78, 5) is 33.9. The fourth-order valence-corrected chi connectivity index (χ4v) is 1.56. The van der Waals surface area contributed by atoms with E-state index in [9.17, 15) is 14.4 Å². The molecule has 0 aliphatic carbocycles. The van der Waals surface area contributed by atoms with Crippen LogP contribution in [-0.4, -0.2) is 17.8 Å². The molecule has 6 heteroatoms. The van der Waals surface area contributed by atoms with Crippen molar-refractivity contribution in [3.63, 3.8) is 0 Å². The number of nitrogens with one attached hydrogen (secondary N) is 2. The first-order valence-corrected chi connectivity index (χ1v) is 4.28. The molecule has 0 spiro atoms. The van der Waals surface area contributed by atoms with Crippen LogP contribution in [0, 0.1) is 5.41 Å². The Morgan fingerprint density at radius 1 is 1.27 bits per heavy atom. The predicted octanol–water partition coefficient (Wildman–Crippen LogP) is -2.67. The third-order valence-corrected chi connectivity index (χ3v) is 2.49. The fourth-order valence-electron chi connectivity index (χ4n) is 1.56. The first-order chi connectivity index (χ1) is 6.45. The molecule has 0 unspecified atom stereocenters. The van der Waals surface area contributed by atoms with Crippen molar-refractivity contribution in [3.8, 4) is 0 Å². The molecule has 1 fully saturated rings. The second kappa shape index (κ2) is 4.92. The van der Waals surface area contributed by atoms with Gasteiger partial charge in [-0.1, -0.05) is 19.1 Å². The summed E-state index contributed by atoms with van der Waals surface area (Å²) in [7, 11) is 0. The van der Waals surface area contributed by atoms with Crippen molar-refractivity contribution >= 4 is 17.8 Å².